The summed E-state index contributed by atoms with van der Waals surface area (Å²) in [4.78, 5) is 6.29. The van der Waals surface area contributed by atoms with Crippen molar-refractivity contribution >= 4 is 11.3 Å². The highest BCUT2D eigenvalue weighted by molar-refractivity contribution is 7.15. The molecule has 1 unspecified atom stereocenters. The third-order valence-corrected chi connectivity index (χ3v) is 4.68. The lowest BCUT2D eigenvalue weighted by atomic mass is 9.98. The van der Waals surface area contributed by atoms with Crippen LogP contribution in [0.2, 0.25) is 0 Å². The van der Waals surface area contributed by atoms with E-state index < -0.39 is 0 Å². The number of nitrogens with zero attached hydrogens (tertiary/aromatic N) is 1. The van der Waals surface area contributed by atoms with Crippen molar-refractivity contribution in [1.82, 2.24) is 10.3 Å². The molecule has 1 aromatic heterocycles. The maximum atomic E-state index is 4.83. The van der Waals surface area contributed by atoms with Gasteiger partial charge in [0.15, 0.2) is 0 Å². The summed E-state index contributed by atoms with van der Waals surface area (Å²) in [6, 6.07) is 11.0. The summed E-state index contributed by atoms with van der Waals surface area (Å²) >= 11 is 1.86. The highest BCUT2D eigenvalue weighted by Crippen LogP contribution is 2.37. The van der Waals surface area contributed by atoms with Gasteiger partial charge in [-0.15, -0.1) is 11.3 Å². The molecule has 1 atom stereocenters. The predicted molar refractivity (Wildman–Crippen MR) is 76.9 cm³/mol. The largest absolute Gasteiger partial charge is 0.309 e. The van der Waals surface area contributed by atoms with E-state index >= 15 is 0 Å². The summed E-state index contributed by atoms with van der Waals surface area (Å²) < 4.78 is 0. The van der Waals surface area contributed by atoms with Gasteiger partial charge >= 0.3 is 0 Å². The lowest BCUT2D eigenvalue weighted by Crippen LogP contribution is -2.23. The van der Waals surface area contributed by atoms with E-state index in [4.69, 9.17) is 4.98 Å². The van der Waals surface area contributed by atoms with Crippen LogP contribution in [0.25, 0.3) is 10.6 Å². The zero-order chi connectivity index (χ0) is 12.4. The number of nitrogens with one attached hydrogen (secondary N) is 1. The number of hydrogen-bond donors (Lipinski definition) is 1. The van der Waals surface area contributed by atoms with Gasteiger partial charge in [0, 0.05) is 16.5 Å². The molecule has 0 aliphatic heterocycles. The van der Waals surface area contributed by atoms with Gasteiger partial charge in [0.2, 0.25) is 0 Å². The number of fused-ring (bicyclic) bond motifs is 1. The second-order valence-electron chi connectivity index (χ2n) is 4.70. The summed E-state index contributed by atoms with van der Waals surface area (Å²) in [5.74, 6) is 0. The van der Waals surface area contributed by atoms with Crippen molar-refractivity contribution in [3.8, 4) is 10.6 Å². The summed E-state index contributed by atoms with van der Waals surface area (Å²) in [7, 11) is 0. The van der Waals surface area contributed by atoms with Gasteiger partial charge < -0.3 is 5.32 Å². The lowest BCUT2D eigenvalue weighted by molar-refractivity contribution is 0.476. The van der Waals surface area contributed by atoms with E-state index in [0.29, 0.717) is 6.04 Å². The Kier molecular flexibility index (Phi) is 3.43. The van der Waals surface area contributed by atoms with Crippen LogP contribution in [0.15, 0.2) is 30.3 Å². The molecule has 2 aromatic rings. The van der Waals surface area contributed by atoms with Crippen LogP contribution in [-0.2, 0) is 6.42 Å². The summed E-state index contributed by atoms with van der Waals surface area (Å²) in [5, 5.41) is 4.75. The Morgan fingerprint density at radius 1 is 1.33 bits per heavy atom. The van der Waals surface area contributed by atoms with Crippen LogP contribution in [0.1, 0.15) is 36.4 Å². The minimum absolute atomic E-state index is 0.522. The third kappa shape index (κ3) is 2.20. The molecule has 0 fully saturated rings. The molecular weight excluding hydrogens is 240 g/mol. The molecule has 94 valence electrons. The molecular formula is C15H18N2S. The van der Waals surface area contributed by atoms with Gasteiger partial charge in [-0.1, -0.05) is 37.3 Å². The second-order valence-corrected chi connectivity index (χ2v) is 5.73. The molecule has 0 amide bonds. The average molecular weight is 258 g/mol. The van der Waals surface area contributed by atoms with Gasteiger partial charge in [-0.3, -0.25) is 0 Å². The number of hydrogen-bond acceptors (Lipinski definition) is 3. The van der Waals surface area contributed by atoms with E-state index in [1.807, 2.05) is 11.3 Å². The maximum absolute atomic E-state index is 4.83. The Bertz CT molecular complexity index is 519. The lowest BCUT2D eigenvalue weighted by Gasteiger charge is -2.21. The molecule has 18 heavy (non-hydrogen) atoms. The van der Waals surface area contributed by atoms with Crippen LogP contribution in [-0.4, -0.2) is 11.5 Å². The number of thiazole rings is 1. The Morgan fingerprint density at radius 2 is 2.17 bits per heavy atom. The van der Waals surface area contributed by atoms with Gasteiger partial charge in [-0.25, -0.2) is 4.98 Å². The molecule has 0 radical (unpaired) electrons. The van der Waals surface area contributed by atoms with Gasteiger partial charge in [-0.2, -0.15) is 0 Å². The number of aryl methyl sites for hydroxylation is 1. The fourth-order valence-corrected chi connectivity index (χ4v) is 3.79. The van der Waals surface area contributed by atoms with Crippen molar-refractivity contribution in [2.75, 3.05) is 6.54 Å². The predicted octanol–water partition coefficient (Wildman–Crippen LogP) is 3.80. The fraction of sp³-hybridized carbons (Fsp3) is 0.400. The summed E-state index contributed by atoms with van der Waals surface area (Å²) in [6.07, 6.45) is 3.64. The topological polar surface area (TPSA) is 24.9 Å². The quantitative estimate of drug-likeness (QED) is 0.906. The van der Waals surface area contributed by atoms with E-state index in [1.54, 1.807) is 0 Å². The zero-order valence-electron chi connectivity index (χ0n) is 10.6. The van der Waals surface area contributed by atoms with Gasteiger partial charge in [-0.05, 0) is 25.8 Å². The zero-order valence-corrected chi connectivity index (χ0v) is 11.5. The summed E-state index contributed by atoms with van der Waals surface area (Å²) in [5.41, 5.74) is 2.56. The Labute approximate surface area is 112 Å². The molecule has 2 nitrogen and oxygen atoms in total. The van der Waals surface area contributed by atoms with Crippen molar-refractivity contribution in [3.63, 3.8) is 0 Å². The SMILES string of the molecule is CCNC1CCCc2nc(-c3ccccc3)sc21. The van der Waals surface area contributed by atoms with E-state index in [2.05, 4.69) is 42.6 Å². The van der Waals surface area contributed by atoms with E-state index in [-0.39, 0.29) is 0 Å². The minimum Gasteiger partial charge on any atom is -0.309 e. The Morgan fingerprint density at radius 3 is 2.94 bits per heavy atom. The van der Waals surface area contributed by atoms with Crippen molar-refractivity contribution in [3.05, 3.63) is 40.9 Å². The van der Waals surface area contributed by atoms with Crippen LogP contribution in [0.5, 0.6) is 0 Å². The van der Waals surface area contributed by atoms with Crippen molar-refractivity contribution < 1.29 is 0 Å². The first-order valence-electron chi connectivity index (χ1n) is 6.67. The van der Waals surface area contributed by atoms with Crippen LogP contribution < -0.4 is 5.32 Å². The molecule has 0 saturated carbocycles. The van der Waals surface area contributed by atoms with Crippen LogP contribution in [0.4, 0.5) is 0 Å². The maximum Gasteiger partial charge on any atom is 0.123 e. The highest BCUT2D eigenvalue weighted by Gasteiger charge is 2.24. The van der Waals surface area contributed by atoms with Crippen LogP contribution in [0, 0.1) is 0 Å². The standard InChI is InChI=1S/C15H18N2S/c1-2-16-12-9-6-10-13-14(12)18-15(17-13)11-7-4-3-5-8-11/h3-5,7-8,12,16H,2,6,9-10H2,1H3. The van der Waals surface area contributed by atoms with E-state index in [9.17, 15) is 0 Å². The van der Waals surface area contributed by atoms with Crippen molar-refractivity contribution in [2.45, 2.75) is 32.2 Å². The molecule has 1 heterocycles. The average Bonchev–Trinajstić information content (AvgIpc) is 2.85. The second kappa shape index (κ2) is 5.21. The number of rotatable bonds is 3. The molecule has 0 bridgehead atoms. The molecule has 1 N–H and O–H groups in total. The first kappa shape index (κ1) is 11.9. The Balaban J connectivity index is 1.96. The number of aromatic nitrogens is 1. The molecule has 1 aliphatic rings. The van der Waals surface area contributed by atoms with Crippen LogP contribution >= 0.6 is 11.3 Å². The van der Waals surface area contributed by atoms with E-state index in [0.717, 1.165) is 13.0 Å². The molecule has 3 rings (SSSR count). The first-order valence-corrected chi connectivity index (χ1v) is 7.48. The third-order valence-electron chi connectivity index (χ3n) is 3.42. The van der Waals surface area contributed by atoms with E-state index in [1.165, 1.54) is 34.0 Å². The summed E-state index contributed by atoms with van der Waals surface area (Å²) in [6.45, 7) is 3.20. The van der Waals surface area contributed by atoms with Gasteiger partial charge in [0.25, 0.3) is 0 Å². The highest BCUT2D eigenvalue weighted by atomic mass is 32.1. The smallest absolute Gasteiger partial charge is 0.123 e. The number of benzene rings is 1. The molecule has 0 saturated heterocycles. The monoisotopic (exact) mass is 258 g/mol. The molecule has 1 aliphatic carbocycles. The van der Waals surface area contributed by atoms with Crippen molar-refractivity contribution in [1.29, 1.82) is 0 Å². The minimum atomic E-state index is 0.522. The molecule has 3 heteroatoms. The van der Waals surface area contributed by atoms with Crippen molar-refractivity contribution in [2.24, 2.45) is 0 Å². The fourth-order valence-electron chi connectivity index (χ4n) is 2.56. The van der Waals surface area contributed by atoms with Crippen LogP contribution in [0.3, 0.4) is 0 Å². The molecule has 1 aromatic carbocycles. The Hall–Kier alpha value is -1.19. The van der Waals surface area contributed by atoms with Gasteiger partial charge in [0.05, 0.1) is 5.69 Å². The van der Waals surface area contributed by atoms with Gasteiger partial charge in [0.1, 0.15) is 5.01 Å². The normalized spacial score (nSPS) is 18.6. The molecule has 0 spiro atoms. The first-order chi connectivity index (χ1) is 8.88.